The van der Waals surface area contributed by atoms with E-state index in [2.05, 4.69) is 63.0 Å². The van der Waals surface area contributed by atoms with Crippen LogP contribution in [0.4, 0.5) is 5.69 Å². The molecule has 2 aromatic rings. The lowest BCUT2D eigenvalue weighted by Crippen LogP contribution is -2.02. The zero-order chi connectivity index (χ0) is 11.5. The van der Waals surface area contributed by atoms with Gasteiger partial charge in [0.1, 0.15) is 0 Å². The van der Waals surface area contributed by atoms with Crippen molar-refractivity contribution >= 4 is 28.3 Å². The van der Waals surface area contributed by atoms with Crippen molar-refractivity contribution in [3.05, 3.63) is 45.0 Å². The molecule has 1 heterocycles. The van der Waals surface area contributed by atoms with E-state index in [0.717, 1.165) is 17.9 Å². The lowest BCUT2D eigenvalue weighted by Gasteiger charge is -2.08. The number of benzene rings is 1. The maximum Gasteiger partial charge on any atom is 0.0925 e. The molecule has 2 rings (SSSR count). The van der Waals surface area contributed by atoms with Gasteiger partial charge < -0.3 is 10.3 Å². The lowest BCUT2D eigenvalue weighted by atomic mass is 10.2. The number of aryl methyl sites for hydroxylation is 2. The molecule has 4 heteroatoms. The average Bonchev–Trinajstić information content (AvgIpc) is 2.63. The summed E-state index contributed by atoms with van der Waals surface area (Å²) in [6, 6.07) is 6.38. The van der Waals surface area contributed by atoms with Gasteiger partial charge in [-0.15, -0.1) is 0 Å². The minimum atomic E-state index is 0.761. The molecular weight excluding hydrogens is 313 g/mol. The Kier molecular flexibility index (Phi) is 3.48. The normalized spacial score (nSPS) is 10.4. The van der Waals surface area contributed by atoms with E-state index in [0.29, 0.717) is 0 Å². The highest BCUT2D eigenvalue weighted by Crippen LogP contribution is 2.18. The summed E-state index contributed by atoms with van der Waals surface area (Å²) in [5.41, 5.74) is 4.62. The van der Waals surface area contributed by atoms with Crippen molar-refractivity contribution in [2.24, 2.45) is 0 Å². The van der Waals surface area contributed by atoms with Crippen molar-refractivity contribution in [2.75, 3.05) is 5.32 Å². The molecule has 84 valence electrons. The van der Waals surface area contributed by atoms with E-state index in [1.807, 2.05) is 6.92 Å². The third-order valence-electron chi connectivity index (χ3n) is 2.57. The molecular formula is C12H14IN3. The molecule has 0 aliphatic carbocycles. The van der Waals surface area contributed by atoms with E-state index in [4.69, 9.17) is 0 Å². The van der Waals surface area contributed by atoms with Crippen LogP contribution in [0.2, 0.25) is 0 Å². The second-order valence-corrected chi connectivity index (χ2v) is 5.03. The number of hydrogen-bond acceptors (Lipinski definition) is 2. The summed E-state index contributed by atoms with van der Waals surface area (Å²) < 4.78 is 1.26. The first kappa shape index (κ1) is 11.4. The largest absolute Gasteiger partial charge is 0.379 e. The molecule has 0 saturated heterocycles. The number of aromatic nitrogens is 2. The number of aromatic amines is 1. The van der Waals surface area contributed by atoms with Gasteiger partial charge in [-0.25, -0.2) is 4.98 Å². The van der Waals surface area contributed by atoms with Gasteiger partial charge in [-0.3, -0.25) is 0 Å². The van der Waals surface area contributed by atoms with Gasteiger partial charge in [0.15, 0.2) is 0 Å². The van der Waals surface area contributed by atoms with Gasteiger partial charge in [0.25, 0.3) is 0 Å². The SMILES string of the molecule is Cc1cc(I)ccc1NCc1nc[nH]c1C. The van der Waals surface area contributed by atoms with Gasteiger partial charge in [-0.1, -0.05) is 0 Å². The highest BCUT2D eigenvalue weighted by molar-refractivity contribution is 14.1. The number of anilines is 1. The molecule has 0 spiro atoms. The second-order valence-electron chi connectivity index (χ2n) is 3.79. The van der Waals surface area contributed by atoms with Crippen molar-refractivity contribution in [3.63, 3.8) is 0 Å². The Labute approximate surface area is 109 Å². The molecule has 2 N–H and O–H groups in total. The minimum absolute atomic E-state index is 0.761. The maximum atomic E-state index is 4.26. The van der Waals surface area contributed by atoms with E-state index >= 15 is 0 Å². The molecule has 1 aromatic carbocycles. The third kappa shape index (κ3) is 2.55. The predicted molar refractivity (Wildman–Crippen MR) is 74.5 cm³/mol. The number of hydrogen-bond donors (Lipinski definition) is 2. The van der Waals surface area contributed by atoms with Crippen molar-refractivity contribution in [3.8, 4) is 0 Å². The number of imidazole rings is 1. The Morgan fingerprint density at radius 3 is 2.81 bits per heavy atom. The van der Waals surface area contributed by atoms with Gasteiger partial charge in [-0.05, 0) is 60.2 Å². The van der Waals surface area contributed by atoms with Crippen LogP contribution in [0.15, 0.2) is 24.5 Å². The average molecular weight is 327 g/mol. The highest BCUT2D eigenvalue weighted by Gasteiger charge is 2.02. The van der Waals surface area contributed by atoms with Crippen molar-refractivity contribution in [2.45, 2.75) is 20.4 Å². The number of nitrogens with zero attached hydrogens (tertiary/aromatic N) is 1. The summed E-state index contributed by atoms with van der Waals surface area (Å²) in [5.74, 6) is 0. The van der Waals surface area contributed by atoms with Gasteiger partial charge >= 0.3 is 0 Å². The van der Waals surface area contributed by atoms with Crippen LogP contribution in [0.3, 0.4) is 0 Å². The maximum absolute atomic E-state index is 4.26. The molecule has 3 nitrogen and oxygen atoms in total. The van der Waals surface area contributed by atoms with Crippen molar-refractivity contribution < 1.29 is 0 Å². The van der Waals surface area contributed by atoms with E-state index in [1.165, 1.54) is 14.8 Å². The second kappa shape index (κ2) is 4.86. The Bertz CT molecular complexity index is 491. The number of halogens is 1. The molecule has 0 bridgehead atoms. The number of rotatable bonds is 3. The fourth-order valence-corrected chi connectivity index (χ4v) is 2.22. The Morgan fingerprint density at radius 2 is 2.19 bits per heavy atom. The molecule has 0 amide bonds. The van der Waals surface area contributed by atoms with Crippen molar-refractivity contribution in [1.82, 2.24) is 9.97 Å². The molecule has 0 radical (unpaired) electrons. The van der Waals surface area contributed by atoms with Gasteiger partial charge in [0.2, 0.25) is 0 Å². The van der Waals surface area contributed by atoms with Crippen LogP contribution < -0.4 is 5.32 Å². The quantitative estimate of drug-likeness (QED) is 0.850. The fraction of sp³-hybridized carbons (Fsp3) is 0.250. The Morgan fingerprint density at radius 1 is 1.38 bits per heavy atom. The van der Waals surface area contributed by atoms with E-state index in [9.17, 15) is 0 Å². The summed E-state index contributed by atoms with van der Waals surface area (Å²) in [6.45, 7) is 4.91. The van der Waals surface area contributed by atoms with Crippen LogP contribution in [0.1, 0.15) is 17.0 Å². The van der Waals surface area contributed by atoms with Crippen molar-refractivity contribution in [1.29, 1.82) is 0 Å². The first-order valence-corrected chi connectivity index (χ1v) is 6.23. The smallest absolute Gasteiger partial charge is 0.0925 e. The van der Waals surface area contributed by atoms with Gasteiger partial charge in [-0.2, -0.15) is 0 Å². The minimum Gasteiger partial charge on any atom is -0.379 e. The summed E-state index contributed by atoms with van der Waals surface area (Å²) >= 11 is 2.32. The van der Waals surface area contributed by atoms with E-state index in [-0.39, 0.29) is 0 Å². The summed E-state index contributed by atoms with van der Waals surface area (Å²) in [7, 11) is 0. The predicted octanol–water partition coefficient (Wildman–Crippen LogP) is 3.24. The van der Waals surface area contributed by atoms with Crippen LogP contribution in [-0.4, -0.2) is 9.97 Å². The molecule has 0 atom stereocenters. The molecule has 0 aliphatic rings. The van der Waals surface area contributed by atoms with E-state index < -0.39 is 0 Å². The molecule has 0 unspecified atom stereocenters. The monoisotopic (exact) mass is 327 g/mol. The highest BCUT2D eigenvalue weighted by atomic mass is 127. The standard InChI is InChI=1S/C12H14IN3/c1-8-5-10(13)3-4-11(8)14-6-12-9(2)15-7-16-12/h3-5,7,14H,6H2,1-2H3,(H,15,16). The summed E-state index contributed by atoms with van der Waals surface area (Å²) in [5, 5.41) is 3.40. The van der Waals surface area contributed by atoms with Crippen LogP contribution >= 0.6 is 22.6 Å². The molecule has 0 fully saturated rings. The first-order valence-electron chi connectivity index (χ1n) is 5.15. The molecule has 16 heavy (non-hydrogen) atoms. The van der Waals surface area contributed by atoms with Gasteiger partial charge in [0, 0.05) is 15.0 Å². The molecule has 1 aromatic heterocycles. The van der Waals surface area contributed by atoms with Gasteiger partial charge in [0.05, 0.1) is 18.6 Å². The van der Waals surface area contributed by atoms with Crippen LogP contribution in [0.25, 0.3) is 0 Å². The lowest BCUT2D eigenvalue weighted by molar-refractivity contribution is 1.05. The van der Waals surface area contributed by atoms with Crippen LogP contribution in [0.5, 0.6) is 0 Å². The first-order chi connectivity index (χ1) is 7.66. The zero-order valence-electron chi connectivity index (χ0n) is 9.34. The van der Waals surface area contributed by atoms with E-state index in [1.54, 1.807) is 6.33 Å². The Balaban J connectivity index is 2.08. The number of nitrogens with one attached hydrogen (secondary N) is 2. The zero-order valence-corrected chi connectivity index (χ0v) is 11.5. The summed E-state index contributed by atoms with van der Waals surface area (Å²) in [4.78, 5) is 7.33. The molecule has 0 saturated carbocycles. The van der Waals surface area contributed by atoms with Crippen LogP contribution in [-0.2, 0) is 6.54 Å². The topological polar surface area (TPSA) is 40.7 Å². The summed E-state index contributed by atoms with van der Waals surface area (Å²) in [6.07, 6.45) is 1.73. The Hall–Kier alpha value is -1.04. The number of H-pyrrole nitrogens is 1. The fourth-order valence-electron chi connectivity index (χ4n) is 1.57. The molecule has 0 aliphatic heterocycles. The third-order valence-corrected chi connectivity index (χ3v) is 3.24. The van der Waals surface area contributed by atoms with Crippen LogP contribution in [0, 0.1) is 17.4 Å².